The van der Waals surface area contributed by atoms with Crippen LogP contribution in [-0.4, -0.2) is 27.6 Å². The molecule has 3 rings (SSSR count). The Bertz CT molecular complexity index is 681. The molecule has 1 aromatic carbocycles. The number of benzene rings is 1. The Kier molecular flexibility index (Phi) is 3.91. The number of nitrogens with one attached hydrogen (secondary N) is 1. The SMILES string of the molecule is NC(=O)C1CCCC1NC(=O)c1cccc(-n2cccn2)c1. The fraction of sp³-hybridized carbons (Fsp3) is 0.312. The molecule has 2 amide bonds. The van der Waals surface area contributed by atoms with Crippen LogP contribution in [0.4, 0.5) is 0 Å². The molecule has 6 nitrogen and oxygen atoms in total. The minimum atomic E-state index is -0.340. The third-order valence-corrected chi connectivity index (χ3v) is 4.08. The predicted molar refractivity (Wildman–Crippen MR) is 81.4 cm³/mol. The van der Waals surface area contributed by atoms with E-state index in [9.17, 15) is 9.59 Å². The minimum absolute atomic E-state index is 0.168. The Morgan fingerprint density at radius 3 is 2.86 bits per heavy atom. The maximum absolute atomic E-state index is 12.4. The third-order valence-electron chi connectivity index (χ3n) is 4.08. The lowest BCUT2D eigenvalue weighted by Crippen LogP contribution is -2.42. The lowest BCUT2D eigenvalue weighted by molar-refractivity contribution is -0.122. The third kappa shape index (κ3) is 2.86. The maximum Gasteiger partial charge on any atom is 0.251 e. The van der Waals surface area contributed by atoms with E-state index in [1.807, 2.05) is 24.4 Å². The summed E-state index contributed by atoms with van der Waals surface area (Å²) in [5, 5.41) is 7.08. The molecule has 1 aromatic heterocycles. The lowest BCUT2D eigenvalue weighted by Gasteiger charge is -2.18. The molecule has 0 spiro atoms. The van der Waals surface area contributed by atoms with Gasteiger partial charge in [0.05, 0.1) is 11.6 Å². The van der Waals surface area contributed by atoms with E-state index in [4.69, 9.17) is 5.73 Å². The van der Waals surface area contributed by atoms with E-state index in [2.05, 4.69) is 10.4 Å². The Balaban J connectivity index is 1.75. The maximum atomic E-state index is 12.4. The van der Waals surface area contributed by atoms with E-state index in [1.54, 1.807) is 23.0 Å². The van der Waals surface area contributed by atoms with Gasteiger partial charge in [0, 0.05) is 24.0 Å². The van der Waals surface area contributed by atoms with Crippen LogP contribution in [0.2, 0.25) is 0 Å². The van der Waals surface area contributed by atoms with E-state index < -0.39 is 0 Å². The van der Waals surface area contributed by atoms with Crippen LogP contribution in [-0.2, 0) is 4.79 Å². The van der Waals surface area contributed by atoms with Crippen molar-refractivity contribution in [3.05, 3.63) is 48.3 Å². The van der Waals surface area contributed by atoms with Crippen molar-refractivity contribution in [2.45, 2.75) is 25.3 Å². The molecule has 1 heterocycles. The number of nitrogens with two attached hydrogens (primary N) is 1. The monoisotopic (exact) mass is 298 g/mol. The standard InChI is InChI=1S/C16H18N4O2/c17-15(21)13-6-2-7-14(13)19-16(22)11-4-1-5-12(10-11)20-9-3-8-18-20/h1,3-5,8-10,13-14H,2,6-7H2,(H2,17,21)(H,19,22). The molecule has 22 heavy (non-hydrogen) atoms. The smallest absolute Gasteiger partial charge is 0.251 e. The van der Waals surface area contributed by atoms with Crippen LogP contribution in [0, 0.1) is 5.92 Å². The molecule has 114 valence electrons. The minimum Gasteiger partial charge on any atom is -0.369 e. The highest BCUT2D eigenvalue weighted by atomic mass is 16.2. The molecule has 1 fully saturated rings. The van der Waals surface area contributed by atoms with E-state index in [-0.39, 0.29) is 23.8 Å². The summed E-state index contributed by atoms with van der Waals surface area (Å²) in [7, 11) is 0. The Hall–Kier alpha value is -2.63. The van der Waals surface area contributed by atoms with Gasteiger partial charge in [-0.25, -0.2) is 4.68 Å². The molecule has 2 unspecified atom stereocenters. The van der Waals surface area contributed by atoms with E-state index in [0.717, 1.165) is 24.9 Å². The normalized spacial score (nSPS) is 20.7. The molecule has 2 atom stereocenters. The van der Waals surface area contributed by atoms with Gasteiger partial charge in [-0.3, -0.25) is 9.59 Å². The van der Waals surface area contributed by atoms with Crippen LogP contribution >= 0.6 is 0 Å². The topological polar surface area (TPSA) is 90.0 Å². The van der Waals surface area contributed by atoms with E-state index in [0.29, 0.717) is 5.56 Å². The van der Waals surface area contributed by atoms with Crippen molar-refractivity contribution >= 4 is 11.8 Å². The fourth-order valence-electron chi connectivity index (χ4n) is 2.94. The predicted octanol–water partition coefficient (Wildman–Crippen LogP) is 1.26. The zero-order chi connectivity index (χ0) is 15.5. The Labute approximate surface area is 128 Å². The highest BCUT2D eigenvalue weighted by Gasteiger charge is 2.32. The molecule has 2 aromatic rings. The van der Waals surface area contributed by atoms with Crippen LogP contribution < -0.4 is 11.1 Å². The summed E-state index contributed by atoms with van der Waals surface area (Å²) in [6, 6.07) is 8.87. The van der Waals surface area contributed by atoms with Gasteiger partial charge in [-0.05, 0) is 37.1 Å². The van der Waals surface area contributed by atoms with Gasteiger partial charge >= 0.3 is 0 Å². The Morgan fingerprint density at radius 1 is 1.27 bits per heavy atom. The highest BCUT2D eigenvalue weighted by molar-refractivity contribution is 5.95. The van der Waals surface area contributed by atoms with Crippen molar-refractivity contribution in [2.24, 2.45) is 11.7 Å². The van der Waals surface area contributed by atoms with Crippen LogP contribution in [0.15, 0.2) is 42.7 Å². The number of carbonyl (C=O) groups excluding carboxylic acids is 2. The number of carbonyl (C=O) groups is 2. The zero-order valence-electron chi connectivity index (χ0n) is 12.1. The first kappa shape index (κ1) is 14.3. The largest absolute Gasteiger partial charge is 0.369 e. The van der Waals surface area contributed by atoms with E-state index in [1.165, 1.54) is 0 Å². The second kappa shape index (κ2) is 6.01. The van der Waals surface area contributed by atoms with Crippen LogP contribution in [0.5, 0.6) is 0 Å². The summed E-state index contributed by atoms with van der Waals surface area (Å²) in [4.78, 5) is 23.8. The van der Waals surface area contributed by atoms with Crippen LogP contribution in [0.25, 0.3) is 5.69 Å². The van der Waals surface area contributed by atoms with Gasteiger partial charge in [0.2, 0.25) is 5.91 Å². The number of hydrogen-bond donors (Lipinski definition) is 2. The number of rotatable bonds is 4. The van der Waals surface area contributed by atoms with Crippen molar-refractivity contribution in [2.75, 3.05) is 0 Å². The molecule has 0 saturated heterocycles. The molecule has 0 aliphatic heterocycles. The number of primary amides is 1. The molecule has 3 N–H and O–H groups in total. The van der Waals surface area contributed by atoms with Crippen molar-refractivity contribution in [3.63, 3.8) is 0 Å². The average Bonchev–Trinajstić information content (AvgIpc) is 3.18. The second-order valence-corrected chi connectivity index (χ2v) is 5.52. The molecule has 1 aliphatic rings. The molecule has 6 heteroatoms. The lowest BCUT2D eigenvalue weighted by atomic mass is 10.0. The molecule has 0 radical (unpaired) electrons. The van der Waals surface area contributed by atoms with Gasteiger partial charge in [-0.1, -0.05) is 12.5 Å². The number of amides is 2. The van der Waals surface area contributed by atoms with Gasteiger partial charge < -0.3 is 11.1 Å². The summed E-state index contributed by atoms with van der Waals surface area (Å²) in [5.74, 6) is -0.793. The summed E-state index contributed by atoms with van der Waals surface area (Å²) < 4.78 is 1.69. The summed E-state index contributed by atoms with van der Waals surface area (Å²) in [6.45, 7) is 0. The first-order valence-corrected chi connectivity index (χ1v) is 7.35. The molecular formula is C16H18N4O2. The number of nitrogens with zero attached hydrogens (tertiary/aromatic N) is 2. The number of aromatic nitrogens is 2. The fourth-order valence-corrected chi connectivity index (χ4v) is 2.94. The molecule has 0 bridgehead atoms. The molecule has 1 saturated carbocycles. The van der Waals surface area contributed by atoms with Gasteiger partial charge in [0.25, 0.3) is 5.91 Å². The first-order valence-electron chi connectivity index (χ1n) is 7.35. The average molecular weight is 298 g/mol. The van der Waals surface area contributed by atoms with Gasteiger partial charge in [0.15, 0.2) is 0 Å². The first-order chi connectivity index (χ1) is 10.6. The Morgan fingerprint density at radius 2 is 2.14 bits per heavy atom. The van der Waals surface area contributed by atoms with Crippen LogP contribution in [0.1, 0.15) is 29.6 Å². The van der Waals surface area contributed by atoms with Crippen molar-refractivity contribution in [1.82, 2.24) is 15.1 Å². The summed E-state index contributed by atoms with van der Waals surface area (Å²) >= 11 is 0. The van der Waals surface area contributed by atoms with Gasteiger partial charge in [-0.2, -0.15) is 5.10 Å². The summed E-state index contributed by atoms with van der Waals surface area (Å²) in [6.07, 6.45) is 5.94. The van der Waals surface area contributed by atoms with Crippen molar-refractivity contribution < 1.29 is 9.59 Å². The molecular weight excluding hydrogens is 280 g/mol. The zero-order valence-corrected chi connectivity index (χ0v) is 12.1. The van der Waals surface area contributed by atoms with Gasteiger partial charge in [-0.15, -0.1) is 0 Å². The quantitative estimate of drug-likeness (QED) is 0.890. The van der Waals surface area contributed by atoms with Gasteiger partial charge in [0.1, 0.15) is 0 Å². The summed E-state index contributed by atoms with van der Waals surface area (Å²) in [5.41, 5.74) is 6.75. The van der Waals surface area contributed by atoms with Crippen molar-refractivity contribution in [1.29, 1.82) is 0 Å². The highest BCUT2D eigenvalue weighted by Crippen LogP contribution is 2.25. The number of hydrogen-bond acceptors (Lipinski definition) is 3. The van der Waals surface area contributed by atoms with E-state index >= 15 is 0 Å². The second-order valence-electron chi connectivity index (χ2n) is 5.52. The van der Waals surface area contributed by atoms with Crippen molar-refractivity contribution in [3.8, 4) is 5.69 Å². The van der Waals surface area contributed by atoms with Crippen LogP contribution in [0.3, 0.4) is 0 Å². The molecule has 1 aliphatic carbocycles.